The van der Waals surface area contributed by atoms with E-state index in [9.17, 15) is 0 Å². The van der Waals surface area contributed by atoms with Crippen LogP contribution in [0.25, 0.3) is 10.8 Å². The van der Waals surface area contributed by atoms with E-state index in [1.165, 1.54) is 35.7 Å². The summed E-state index contributed by atoms with van der Waals surface area (Å²) in [4.78, 5) is 6.80. The van der Waals surface area contributed by atoms with Crippen LogP contribution in [0, 0.1) is 12.8 Å². The Morgan fingerprint density at radius 1 is 1.20 bits per heavy atom. The van der Waals surface area contributed by atoms with E-state index in [0.29, 0.717) is 6.10 Å². The predicted molar refractivity (Wildman–Crippen MR) is 100 cm³/mol. The van der Waals surface area contributed by atoms with Gasteiger partial charge in [-0.2, -0.15) is 0 Å². The topological polar surface area (TPSA) is 34.6 Å². The van der Waals surface area contributed by atoms with E-state index in [4.69, 9.17) is 9.47 Å². The van der Waals surface area contributed by atoms with Gasteiger partial charge in [0.2, 0.25) is 0 Å². The number of rotatable bonds is 4. The lowest BCUT2D eigenvalue weighted by Gasteiger charge is -2.35. The van der Waals surface area contributed by atoms with Crippen molar-refractivity contribution in [3.05, 3.63) is 36.2 Å². The van der Waals surface area contributed by atoms with Crippen LogP contribution < -0.4 is 4.74 Å². The molecule has 0 spiro atoms. The van der Waals surface area contributed by atoms with E-state index >= 15 is 0 Å². The predicted octanol–water partition coefficient (Wildman–Crippen LogP) is 3.81. The van der Waals surface area contributed by atoms with Crippen LogP contribution in [0.1, 0.15) is 31.2 Å². The summed E-state index contributed by atoms with van der Waals surface area (Å²) < 4.78 is 12.0. The summed E-state index contributed by atoms with van der Waals surface area (Å²) in [5.41, 5.74) is 1.20. The average Bonchev–Trinajstić information content (AvgIpc) is 2.65. The molecule has 1 unspecified atom stereocenters. The summed E-state index contributed by atoms with van der Waals surface area (Å²) in [5.74, 6) is 1.75. The fourth-order valence-electron chi connectivity index (χ4n) is 4.06. The normalized spacial score (nSPS) is 23.0. The molecule has 25 heavy (non-hydrogen) atoms. The van der Waals surface area contributed by atoms with Crippen molar-refractivity contribution in [2.24, 2.45) is 5.92 Å². The molecular weight excluding hydrogens is 312 g/mol. The summed E-state index contributed by atoms with van der Waals surface area (Å²) in [6.07, 6.45) is 8.86. The Kier molecular flexibility index (Phi) is 5.18. The molecule has 0 radical (unpaired) electrons. The third kappa shape index (κ3) is 4.13. The molecular formula is C21H28N2O2. The van der Waals surface area contributed by atoms with Gasteiger partial charge in [-0.25, -0.2) is 0 Å². The molecule has 134 valence electrons. The second kappa shape index (κ2) is 7.71. The van der Waals surface area contributed by atoms with Crippen molar-refractivity contribution < 1.29 is 9.47 Å². The molecule has 2 saturated heterocycles. The minimum absolute atomic E-state index is 0.330. The molecule has 1 aromatic carbocycles. The lowest BCUT2D eigenvalue weighted by Crippen LogP contribution is -2.42. The highest BCUT2D eigenvalue weighted by Crippen LogP contribution is 2.28. The maximum atomic E-state index is 6.36. The fraction of sp³-hybridized carbons (Fsp3) is 0.571. The Bertz CT molecular complexity index is 704. The minimum Gasteiger partial charge on any atom is -0.490 e. The van der Waals surface area contributed by atoms with Gasteiger partial charge >= 0.3 is 0 Å². The molecule has 0 bridgehead atoms. The maximum Gasteiger partial charge on any atom is 0.123 e. The molecule has 1 aromatic heterocycles. The molecule has 0 amide bonds. The van der Waals surface area contributed by atoms with E-state index in [0.717, 1.165) is 50.8 Å². The highest BCUT2D eigenvalue weighted by Gasteiger charge is 2.24. The monoisotopic (exact) mass is 340 g/mol. The first kappa shape index (κ1) is 16.8. The summed E-state index contributed by atoms with van der Waals surface area (Å²) in [6.45, 7) is 7.49. The Morgan fingerprint density at radius 3 is 2.88 bits per heavy atom. The summed E-state index contributed by atoms with van der Waals surface area (Å²) in [6, 6.07) is 6.39. The number of benzene rings is 1. The fourth-order valence-corrected chi connectivity index (χ4v) is 4.06. The minimum atomic E-state index is 0.330. The molecule has 1 atom stereocenters. The molecule has 4 heteroatoms. The number of likely N-dealkylation sites (tertiary alicyclic amines) is 1. The number of nitrogens with zero attached hydrogens (tertiary/aromatic N) is 2. The van der Waals surface area contributed by atoms with Crippen molar-refractivity contribution in [2.75, 3.05) is 32.8 Å². The van der Waals surface area contributed by atoms with Gasteiger partial charge in [0.1, 0.15) is 11.9 Å². The number of piperidine rings is 1. The van der Waals surface area contributed by atoms with Crippen molar-refractivity contribution in [2.45, 2.75) is 38.7 Å². The number of hydrogen-bond donors (Lipinski definition) is 0. The molecule has 3 heterocycles. The van der Waals surface area contributed by atoms with Gasteiger partial charge in [0, 0.05) is 44.0 Å². The number of aromatic nitrogens is 1. The highest BCUT2D eigenvalue weighted by molar-refractivity contribution is 5.84. The van der Waals surface area contributed by atoms with Crippen LogP contribution in [0.3, 0.4) is 0 Å². The molecule has 4 nitrogen and oxygen atoms in total. The standard InChI is InChI=1S/C21H28N2O2/c1-16-11-19-13-22-7-4-18(19)12-21(16)25-20-5-8-23(9-6-20)14-17-3-2-10-24-15-17/h4,7,11-13,17,20H,2-3,5-6,8-10,14-15H2,1H3. The van der Waals surface area contributed by atoms with Crippen LogP contribution in [0.15, 0.2) is 30.6 Å². The van der Waals surface area contributed by atoms with Gasteiger partial charge in [0.15, 0.2) is 0 Å². The first-order valence-electron chi connectivity index (χ1n) is 9.59. The lowest BCUT2D eigenvalue weighted by atomic mass is 9.99. The van der Waals surface area contributed by atoms with Gasteiger partial charge in [-0.3, -0.25) is 4.98 Å². The number of aryl methyl sites for hydroxylation is 1. The second-order valence-electron chi connectivity index (χ2n) is 7.54. The third-order valence-electron chi connectivity index (χ3n) is 5.53. The maximum absolute atomic E-state index is 6.36. The zero-order valence-electron chi connectivity index (χ0n) is 15.1. The molecule has 0 N–H and O–H groups in total. The molecule has 2 aliphatic rings. The number of hydrogen-bond acceptors (Lipinski definition) is 4. The zero-order chi connectivity index (χ0) is 17.1. The first-order chi connectivity index (χ1) is 12.3. The molecule has 4 rings (SSSR count). The molecule has 2 aliphatic heterocycles. The largest absolute Gasteiger partial charge is 0.490 e. The van der Waals surface area contributed by atoms with Crippen molar-refractivity contribution in [1.29, 1.82) is 0 Å². The van der Waals surface area contributed by atoms with Crippen LogP contribution >= 0.6 is 0 Å². The van der Waals surface area contributed by atoms with E-state index < -0.39 is 0 Å². The second-order valence-corrected chi connectivity index (χ2v) is 7.54. The van der Waals surface area contributed by atoms with E-state index in [1.807, 2.05) is 12.4 Å². The van der Waals surface area contributed by atoms with Crippen LogP contribution in [0.4, 0.5) is 0 Å². The molecule has 2 fully saturated rings. The van der Waals surface area contributed by atoms with E-state index in [-0.39, 0.29) is 0 Å². The first-order valence-corrected chi connectivity index (χ1v) is 9.59. The molecule has 0 aliphatic carbocycles. The average molecular weight is 340 g/mol. The SMILES string of the molecule is Cc1cc2cnccc2cc1OC1CCN(CC2CCCOC2)CC1. The number of pyridine rings is 1. The van der Waals surface area contributed by atoms with Gasteiger partial charge in [-0.05, 0) is 67.7 Å². The summed E-state index contributed by atoms with van der Waals surface area (Å²) >= 11 is 0. The van der Waals surface area contributed by atoms with Crippen molar-refractivity contribution in [3.63, 3.8) is 0 Å². The van der Waals surface area contributed by atoms with Gasteiger partial charge in [0.05, 0.1) is 6.61 Å². The summed E-state index contributed by atoms with van der Waals surface area (Å²) in [7, 11) is 0. The quantitative estimate of drug-likeness (QED) is 0.848. The van der Waals surface area contributed by atoms with Crippen LogP contribution in [0.2, 0.25) is 0 Å². The number of fused-ring (bicyclic) bond motifs is 1. The Labute approximate surface area is 150 Å². The van der Waals surface area contributed by atoms with Gasteiger partial charge in [-0.1, -0.05) is 0 Å². The van der Waals surface area contributed by atoms with Crippen LogP contribution in [-0.4, -0.2) is 48.8 Å². The smallest absolute Gasteiger partial charge is 0.123 e. The van der Waals surface area contributed by atoms with Gasteiger partial charge < -0.3 is 14.4 Å². The Hall–Kier alpha value is -1.65. The molecule has 0 saturated carbocycles. The van der Waals surface area contributed by atoms with Gasteiger partial charge in [-0.15, -0.1) is 0 Å². The highest BCUT2D eigenvalue weighted by atomic mass is 16.5. The van der Waals surface area contributed by atoms with Gasteiger partial charge in [0.25, 0.3) is 0 Å². The zero-order valence-corrected chi connectivity index (χ0v) is 15.1. The Morgan fingerprint density at radius 2 is 2.08 bits per heavy atom. The third-order valence-corrected chi connectivity index (χ3v) is 5.53. The van der Waals surface area contributed by atoms with Crippen molar-refractivity contribution >= 4 is 10.8 Å². The molecule has 2 aromatic rings. The summed E-state index contributed by atoms with van der Waals surface area (Å²) in [5, 5.41) is 2.38. The van der Waals surface area contributed by atoms with Crippen LogP contribution in [-0.2, 0) is 4.74 Å². The van der Waals surface area contributed by atoms with Crippen LogP contribution in [0.5, 0.6) is 5.75 Å². The number of ether oxygens (including phenoxy) is 2. The van der Waals surface area contributed by atoms with E-state index in [2.05, 4.69) is 35.0 Å². The Balaban J connectivity index is 1.33. The van der Waals surface area contributed by atoms with E-state index in [1.54, 1.807) is 0 Å². The van der Waals surface area contributed by atoms with Crippen molar-refractivity contribution in [1.82, 2.24) is 9.88 Å². The van der Waals surface area contributed by atoms with Crippen molar-refractivity contribution in [3.8, 4) is 5.75 Å². The lowest BCUT2D eigenvalue weighted by molar-refractivity contribution is 0.0260.